The van der Waals surface area contributed by atoms with Crippen LogP contribution in [0, 0.1) is 46.8 Å². The zero-order valence-electron chi connectivity index (χ0n) is 37.3. The molecule has 1 aromatic heterocycles. The number of nitrogens with zero attached hydrogens (tertiary/aromatic N) is 2. The van der Waals surface area contributed by atoms with Gasteiger partial charge in [-0.05, 0) is 116 Å². The average Bonchev–Trinajstić information content (AvgIpc) is 3.89. The molecule has 14 heteroatoms. The summed E-state index contributed by atoms with van der Waals surface area (Å²) >= 11 is 0. The monoisotopic (exact) mass is 869 g/mol. The number of benzene rings is 1. The molecule has 0 radical (unpaired) electrons. The molecule has 13 nitrogen and oxygen atoms in total. The van der Waals surface area contributed by atoms with E-state index in [1.165, 1.54) is 64.2 Å². The number of allylic oxidation sites excluding steroid dienone is 1. The van der Waals surface area contributed by atoms with Gasteiger partial charge in [0.05, 0.1) is 39.6 Å². The van der Waals surface area contributed by atoms with Crippen molar-refractivity contribution in [3.63, 3.8) is 0 Å². The van der Waals surface area contributed by atoms with E-state index in [0.29, 0.717) is 63.9 Å². The predicted octanol–water partition coefficient (Wildman–Crippen LogP) is 8.45. The number of alkyl carbamates (subject to hydrolysis) is 1. The zero-order valence-corrected chi connectivity index (χ0v) is 38.1. The summed E-state index contributed by atoms with van der Waals surface area (Å²) in [6, 6.07) is 6.39. The van der Waals surface area contributed by atoms with Crippen molar-refractivity contribution >= 4 is 21.8 Å². The van der Waals surface area contributed by atoms with Crippen molar-refractivity contribution in [3.8, 4) is 11.5 Å². The highest BCUT2D eigenvalue weighted by atomic mass is 32.2. The predicted molar refractivity (Wildman–Crippen MR) is 234 cm³/mol. The molecule has 4 aliphatic rings. The Balaban J connectivity index is 0.794. The lowest BCUT2D eigenvalue weighted by Gasteiger charge is -2.53. The van der Waals surface area contributed by atoms with Crippen LogP contribution in [0.2, 0.25) is 0 Å². The number of carbonyl (C=O) groups excluding carboxylic acids is 2. The number of hydrogen-bond acceptors (Lipinski definition) is 11. The van der Waals surface area contributed by atoms with Crippen molar-refractivity contribution in [1.82, 2.24) is 20.8 Å². The van der Waals surface area contributed by atoms with E-state index in [0.717, 1.165) is 66.9 Å². The third-order valence-corrected chi connectivity index (χ3v) is 15.1. The lowest BCUT2D eigenvalue weighted by Crippen LogP contribution is -2.46. The first-order valence-corrected chi connectivity index (χ1v) is 25.0. The Morgan fingerprint density at radius 2 is 1.52 bits per heavy atom. The summed E-state index contributed by atoms with van der Waals surface area (Å²) in [7, 11) is -3.60. The Morgan fingerprint density at radius 3 is 2.21 bits per heavy atom. The first-order valence-electron chi connectivity index (χ1n) is 23.1. The summed E-state index contributed by atoms with van der Waals surface area (Å²) in [4.78, 5) is 25.2. The Hall–Kier alpha value is -3.33. The fourth-order valence-electron chi connectivity index (χ4n) is 11.1. The number of ether oxygens (including phenoxy) is 4. The quantitative estimate of drug-likeness (QED) is 0.0913. The molecule has 1 heterocycles. The first kappa shape index (κ1) is 47.2. The number of nitrogens with one attached hydrogen (secondary N) is 2. The second kappa shape index (κ2) is 22.3. The van der Waals surface area contributed by atoms with E-state index in [1.807, 2.05) is 0 Å². The summed E-state index contributed by atoms with van der Waals surface area (Å²) in [5.41, 5.74) is 2.70. The zero-order chi connectivity index (χ0) is 43.4. The number of hydrogen-bond donors (Lipinski definition) is 2. The topological polar surface area (TPSA) is 168 Å². The van der Waals surface area contributed by atoms with Crippen LogP contribution >= 0.6 is 0 Å². The summed E-state index contributed by atoms with van der Waals surface area (Å²) < 4.78 is 51.0. The van der Waals surface area contributed by atoms with Crippen molar-refractivity contribution in [2.24, 2.45) is 46.8 Å². The molecular formula is C47H72N4O9S. The Kier molecular flexibility index (Phi) is 17.3. The molecule has 1 aromatic carbocycles. The minimum absolute atomic E-state index is 0.0522. The molecule has 0 bridgehead atoms. The maximum absolute atomic E-state index is 12.8. The van der Waals surface area contributed by atoms with Gasteiger partial charge in [-0.2, -0.15) is 0 Å². The Bertz CT molecular complexity index is 1850. The van der Waals surface area contributed by atoms with Crippen molar-refractivity contribution < 1.29 is 41.4 Å². The SMILES string of the molecule is CC(C)CCC[C@@H](C)[C@H]1CC[C@@H]2[C@H]1CCCC[C@H]1[C@H]2CC=C2C[C@@H](OC(=O)NCCOCCOCCOCCNC(=O)c3ccc(-c4nnc(S(C)(=O)=O)o4)cc3)CC[C@@]21C. The fraction of sp³-hybridized carbons (Fsp3) is 0.745. The molecule has 3 saturated carbocycles. The van der Waals surface area contributed by atoms with Crippen LogP contribution in [-0.2, 0) is 28.8 Å². The molecular weight excluding hydrogens is 797 g/mol. The second-order valence-electron chi connectivity index (χ2n) is 18.8. The summed E-state index contributed by atoms with van der Waals surface area (Å²) in [6.07, 6.45) is 19.8. The highest BCUT2D eigenvalue weighted by Gasteiger charge is 2.52. The smallest absolute Gasteiger partial charge is 0.407 e. The molecule has 0 saturated heterocycles. The molecule has 6 rings (SSSR count). The van der Waals surface area contributed by atoms with E-state index in [-0.39, 0.29) is 29.4 Å². The number of aromatic nitrogens is 2. The van der Waals surface area contributed by atoms with Gasteiger partial charge < -0.3 is 34.0 Å². The van der Waals surface area contributed by atoms with Crippen molar-refractivity contribution in [3.05, 3.63) is 41.5 Å². The van der Waals surface area contributed by atoms with Crippen molar-refractivity contribution in [1.29, 1.82) is 0 Å². The number of fused-ring (bicyclic) bond motifs is 5. The minimum Gasteiger partial charge on any atom is -0.446 e. The number of amides is 2. The Labute approximate surface area is 364 Å². The van der Waals surface area contributed by atoms with Crippen LogP contribution in [-0.4, -0.2) is 95.7 Å². The molecule has 0 aliphatic heterocycles. The summed E-state index contributed by atoms with van der Waals surface area (Å²) in [5, 5.41) is 12.5. The summed E-state index contributed by atoms with van der Waals surface area (Å²) in [5.74, 6) is 5.71. The normalized spacial score (nSPS) is 26.9. The van der Waals surface area contributed by atoms with Crippen molar-refractivity contribution in [2.75, 3.05) is 59.0 Å². The average molecular weight is 869 g/mol. The molecule has 3 fully saturated rings. The largest absolute Gasteiger partial charge is 0.446 e. The van der Waals surface area contributed by atoms with Gasteiger partial charge >= 0.3 is 11.3 Å². The van der Waals surface area contributed by atoms with Gasteiger partial charge in [0.1, 0.15) is 6.10 Å². The molecule has 0 unspecified atom stereocenters. The van der Waals surface area contributed by atoms with Gasteiger partial charge in [-0.1, -0.05) is 76.5 Å². The highest BCUT2D eigenvalue weighted by Crippen LogP contribution is 2.61. The van der Waals surface area contributed by atoms with Crippen LogP contribution in [0.5, 0.6) is 0 Å². The molecule has 8 atom stereocenters. The van der Waals surface area contributed by atoms with Crippen LogP contribution in [0.25, 0.3) is 11.5 Å². The molecule has 4 aliphatic carbocycles. The van der Waals surface area contributed by atoms with E-state index in [2.05, 4.69) is 54.6 Å². The Morgan fingerprint density at radius 1 is 0.836 bits per heavy atom. The van der Waals surface area contributed by atoms with Crippen molar-refractivity contribution in [2.45, 2.75) is 122 Å². The standard InChI is InChI=1S/C47H72N4O9S/c1-32(2)9-8-10-33(3)38-19-20-40-39(38)11-6-7-12-42-41(40)18-17-36-31-37(21-22-47(36,42)4)59-45(53)49-24-26-57-28-30-58-29-27-56-25-23-48-43(52)34-13-15-35(16-14-34)44-50-51-46(60-44)61(5,54)55/h13-17,32-33,37-42H,6-12,18-31H2,1-5H3,(H,48,52)(H,49,53)/t33-,37+,38-,39+,40-,41+,42+,47+/m1/s1. The number of sulfone groups is 1. The lowest BCUT2D eigenvalue weighted by molar-refractivity contribution is 0.000950. The molecule has 2 aromatic rings. The number of rotatable bonds is 21. The molecule has 0 spiro atoms. The van der Waals surface area contributed by atoms with Crippen LogP contribution in [0.4, 0.5) is 4.79 Å². The van der Waals surface area contributed by atoms with Gasteiger partial charge in [0.15, 0.2) is 0 Å². The van der Waals surface area contributed by atoms with Crippen LogP contribution in [0.15, 0.2) is 45.6 Å². The van der Waals surface area contributed by atoms with Gasteiger partial charge in [-0.25, -0.2) is 13.2 Å². The van der Waals surface area contributed by atoms with Crippen LogP contribution in [0.3, 0.4) is 0 Å². The highest BCUT2D eigenvalue weighted by molar-refractivity contribution is 7.90. The first-order chi connectivity index (χ1) is 29.3. The van der Waals surface area contributed by atoms with Gasteiger partial charge in [0.25, 0.3) is 5.91 Å². The maximum Gasteiger partial charge on any atom is 0.407 e. The maximum atomic E-state index is 12.8. The van der Waals surface area contributed by atoms with Gasteiger partial charge in [-0.15, -0.1) is 5.10 Å². The third-order valence-electron chi connectivity index (χ3n) is 14.3. The summed E-state index contributed by atoms with van der Waals surface area (Å²) in [6.45, 7) is 12.8. The fourth-order valence-corrected chi connectivity index (χ4v) is 11.5. The van der Waals surface area contributed by atoms with Gasteiger partial charge in [0, 0.05) is 36.9 Å². The van der Waals surface area contributed by atoms with Crippen LogP contribution in [0.1, 0.15) is 122 Å². The van der Waals surface area contributed by atoms with Gasteiger partial charge in [0.2, 0.25) is 15.7 Å². The second-order valence-corrected chi connectivity index (χ2v) is 20.7. The van der Waals surface area contributed by atoms with E-state index in [1.54, 1.807) is 29.8 Å². The van der Waals surface area contributed by atoms with E-state index in [9.17, 15) is 18.0 Å². The van der Waals surface area contributed by atoms with E-state index < -0.39 is 15.1 Å². The molecule has 2 N–H and O–H groups in total. The minimum atomic E-state index is -3.60. The van der Waals surface area contributed by atoms with E-state index in [4.69, 9.17) is 23.4 Å². The van der Waals surface area contributed by atoms with E-state index >= 15 is 0 Å². The van der Waals surface area contributed by atoms with Crippen LogP contribution < -0.4 is 10.6 Å². The lowest BCUT2D eigenvalue weighted by atomic mass is 9.52. The number of carbonyl (C=O) groups is 2. The third kappa shape index (κ3) is 12.9. The van der Waals surface area contributed by atoms with Gasteiger partial charge in [-0.3, -0.25) is 4.79 Å². The molecule has 2 amide bonds. The molecule has 61 heavy (non-hydrogen) atoms. The molecule has 340 valence electrons.